The minimum atomic E-state index is -2.76. The summed E-state index contributed by atoms with van der Waals surface area (Å²) in [6, 6.07) is 1.02. The molecule has 0 bridgehead atoms. The highest BCUT2D eigenvalue weighted by molar-refractivity contribution is 5.74. The summed E-state index contributed by atoms with van der Waals surface area (Å²) in [4.78, 5) is 14.7. The Kier molecular flexibility index (Phi) is 4.19. The maximum atomic E-state index is 12.5. The van der Waals surface area contributed by atoms with Crippen molar-refractivity contribution in [2.45, 2.75) is 12.8 Å². The molecular weight excluding hydrogens is 234 g/mol. The third-order valence-corrected chi connectivity index (χ3v) is 2.06. The molecule has 7 heteroatoms. The number of nitrogen functional groups attached to an aromatic ring is 1. The molecule has 0 saturated carbocycles. The first kappa shape index (κ1) is 13.1. The van der Waals surface area contributed by atoms with Gasteiger partial charge in [-0.15, -0.1) is 0 Å². The van der Waals surface area contributed by atoms with Gasteiger partial charge in [0.25, 0.3) is 6.43 Å². The summed E-state index contributed by atoms with van der Waals surface area (Å²) in [6.07, 6.45) is -3.04. The Morgan fingerprint density at radius 1 is 1.53 bits per heavy atom. The van der Waals surface area contributed by atoms with Gasteiger partial charge in [0.15, 0.2) is 5.75 Å². The lowest BCUT2D eigenvalue weighted by Crippen LogP contribution is -2.10. The third-order valence-electron chi connectivity index (χ3n) is 2.06. The first-order valence-electron chi connectivity index (χ1n) is 4.67. The van der Waals surface area contributed by atoms with Gasteiger partial charge in [-0.25, -0.2) is 13.8 Å². The quantitative estimate of drug-likeness (QED) is 0.811. The number of carbonyl (C=O) groups excluding carboxylic acids is 1. The summed E-state index contributed by atoms with van der Waals surface area (Å²) in [6.45, 7) is 0. The molecule has 1 aromatic heterocycles. The number of alkyl halides is 2. The fourth-order valence-electron chi connectivity index (χ4n) is 1.31. The van der Waals surface area contributed by atoms with Crippen LogP contribution in [0.5, 0.6) is 5.75 Å². The van der Waals surface area contributed by atoms with Crippen molar-refractivity contribution in [2.75, 3.05) is 20.0 Å². The number of halogens is 2. The monoisotopic (exact) mass is 246 g/mol. The number of aromatic nitrogens is 1. The molecule has 0 amide bonds. The Balaban J connectivity index is 3.19. The van der Waals surface area contributed by atoms with Crippen molar-refractivity contribution < 1.29 is 23.0 Å². The van der Waals surface area contributed by atoms with E-state index in [9.17, 15) is 13.6 Å². The van der Waals surface area contributed by atoms with Gasteiger partial charge in [0.05, 0.1) is 32.0 Å². The zero-order chi connectivity index (χ0) is 13.0. The molecule has 0 saturated heterocycles. The molecule has 0 radical (unpaired) electrons. The molecule has 5 nitrogen and oxygen atoms in total. The van der Waals surface area contributed by atoms with Crippen molar-refractivity contribution in [1.29, 1.82) is 0 Å². The Labute approximate surface area is 96.5 Å². The number of ether oxygens (including phenoxy) is 2. The Hall–Kier alpha value is -1.92. The lowest BCUT2D eigenvalue weighted by atomic mass is 10.2. The van der Waals surface area contributed by atoms with Crippen LogP contribution >= 0.6 is 0 Å². The summed E-state index contributed by atoms with van der Waals surface area (Å²) in [5, 5.41) is 0. The zero-order valence-electron chi connectivity index (χ0n) is 9.37. The first-order chi connectivity index (χ1) is 7.99. The number of nitrogens with two attached hydrogens (primary N) is 1. The number of hydrogen-bond acceptors (Lipinski definition) is 5. The molecule has 0 spiro atoms. The van der Waals surface area contributed by atoms with Gasteiger partial charge in [-0.2, -0.15) is 0 Å². The van der Waals surface area contributed by atoms with Crippen LogP contribution in [0.15, 0.2) is 6.07 Å². The van der Waals surface area contributed by atoms with Crippen LogP contribution in [0, 0.1) is 0 Å². The minimum Gasteiger partial charge on any atom is -0.493 e. The molecule has 1 rings (SSSR count). The second-order valence-electron chi connectivity index (χ2n) is 3.17. The van der Waals surface area contributed by atoms with Crippen molar-refractivity contribution in [1.82, 2.24) is 4.98 Å². The van der Waals surface area contributed by atoms with Gasteiger partial charge in [0.1, 0.15) is 5.69 Å². The molecule has 0 aromatic carbocycles. The van der Waals surface area contributed by atoms with Gasteiger partial charge in [0, 0.05) is 0 Å². The van der Waals surface area contributed by atoms with E-state index >= 15 is 0 Å². The van der Waals surface area contributed by atoms with Crippen LogP contribution in [0.3, 0.4) is 0 Å². The second kappa shape index (κ2) is 5.42. The molecule has 0 aliphatic carbocycles. The highest BCUT2D eigenvalue weighted by Crippen LogP contribution is 2.29. The largest absolute Gasteiger partial charge is 0.493 e. The second-order valence-corrected chi connectivity index (χ2v) is 3.17. The Morgan fingerprint density at radius 3 is 2.65 bits per heavy atom. The fourth-order valence-corrected chi connectivity index (χ4v) is 1.31. The molecular formula is C10H12F2N2O3. The van der Waals surface area contributed by atoms with Crippen LogP contribution in [0.25, 0.3) is 0 Å². The number of nitrogens with zero attached hydrogens (tertiary/aromatic N) is 1. The molecule has 2 N–H and O–H groups in total. The molecule has 1 heterocycles. The summed E-state index contributed by atoms with van der Waals surface area (Å²) in [5.74, 6) is -0.499. The highest BCUT2D eigenvalue weighted by atomic mass is 19.3. The number of anilines is 1. The van der Waals surface area contributed by atoms with Gasteiger partial charge < -0.3 is 15.2 Å². The van der Waals surface area contributed by atoms with E-state index in [0.29, 0.717) is 0 Å². The summed E-state index contributed by atoms with van der Waals surface area (Å²) in [7, 11) is 2.51. The van der Waals surface area contributed by atoms with Crippen molar-refractivity contribution in [3.8, 4) is 5.75 Å². The number of methoxy groups -OCH3 is 2. The summed E-state index contributed by atoms with van der Waals surface area (Å²) >= 11 is 0. The van der Waals surface area contributed by atoms with Gasteiger partial charge in [0.2, 0.25) is 0 Å². The molecule has 0 aliphatic rings. The van der Waals surface area contributed by atoms with Gasteiger partial charge >= 0.3 is 5.97 Å². The maximum absolute atomic E-state index is 12.5. The van der Waals surface area contributed by atoms with E-state index in [1.54, 1.807) is 0 Å². The highest BCUT2D eigenvalue weighted by Gasteiger charge is 2.18. The van der Waals surface area contributed by atoms with E-state index in [2.05, 4.69) is 9.72 Å². The topological polar surface area (TPSA) is 74.4 Å². The zero-order valence-corrected chi connectivity index (χ0v) is 9.37. The fraction of sp³-hybridized carbons (Fsp3) is 0.400. The molecule has 0 atom stereocenters. The Bertz CT molecular complexity index is 424. The van der Waals surface area contributed by atoms with Crippen molar-refractivity contribution >= 4 is 11.7 Å². The van der Waals surface area contributed by atoms with Gasteiger partial charge in [-0.05, 0) is 6.07 Å². The maximum Gasteiger partial charge on any atom is 0.311 e. The number of esters is 1. The van der Waals surface area contributed by atoms with Crippen molar-refractivity contribution in [2.24, 2.45) is 0 Å². The van der Waals surface area contributed by atoms with Gasteiger partial charge in [-0.1, -0.05) is 0 Å². The van der Waals surface area contributed by atoms with Crippen molar-refractivity contribution in [3.63, 3.8) is 0 Å². The van der Waals surface area contributed by atoms with Crippen LogP contribution in [-0.2, 0) is 16.0 Å². The van der Waals surface area contributed by atoms with E-state index in [4.69, 9.17) is 10.5 Å². The Morgan fingerprint density at radius 2 is 2.18 bits per heavy atom. The normalized spacial score (nSPS) is 10.4. The van der Waals surface area contributed by atoms with E-state index in [-0.39, 0.29) is 23.6 Å². The van der Waals surface area contributed by atoms with E-state index in [1.165, 1.54) is 14.2 Å². The van der Waals surface area contributed by atoms with E-state index in [0.717, 1.165) is 6.07 Å². The van der Waals surface area contributed by atoms with Crippen molar-refractivity contribution in [3.05, 3.63) is 17.5 Å². The van der Waals surface area contributed by atoms with Crippen LogP contribution in [0.1, 0.15) is 17.8 Å². The summed E-state index contributed by atoms with van der Waals surface area (Å²) < 4.78 is 34.4. The molecule has 94 valence electrons. The number of rotatable bonds is 4. The third kappa shape index (κ3) is 3.02. The van der Waals surface area contributed by atoms with Gasteiger partial charge in [-0.3, -0.25) is 4.79 Å². The average Bonchev–Trinajstić information content (AvgIpc) is 2.28. The minimum absolute atomic E-state index is 0.0108. The number of hydrogen-bond donors (Lipinski definition) is 1. The van der Waals surface area contributed by atoms with Crippen LogP contribution in [0.4, 0.5) is 14.5 Å². The molecule has 17 heavy (non-hydrogen) atoms. The average molecular weight is 246 g/mol. The predicted octanol–water partition coefficient (Wildman–Crippen LogP) is 1.33. The first-order valence-corrected chi connectivity index (χ1v) is 4.67. The predicted molar refractivity (Wildman–Crippen MR) is 55.9 cm³/mol. The lowest BCUT2D eigenvalue weighted by molar-refractivity contribution is -0.139. The lowest BCUT2D eigenvalue weighted by Gasteiger charge is -2.11. The van der Waals surface area contributed by atoms with Crippen LogP contribution < -0.4 is 10.5 Å². The molecule has 0 unspecified atom stereocenters. The number of pyridine rings is 1. The molecule has 0 fully saturated rings. The molecule has 0 aliphatic heterocycles. The number of carbonyl (C=O) groups is 1. The smallest absolute Gasteiger partial charge is 0.311 e. The van der Waals surface area contributed by atoms with E-state index < -0.39 is 18.1 Å². The van der Waals surface area contributed by atoms with Crippen LogP contribution in [0.2, 0.25) is 0 Å². The SMILES string of the molecule is COC(=O)Cc1nc(C(F)F)cc(N)c1OC. The van der Waals surface area contributed by atoms with Crippen LogP contribution in [-0.4, -0.2) is 25.2 Å². The van der Waals surface area contributed by atoms with E-state index in [1.807, 2.05) is 0 Å². The molecule has 1 aromatic rings. The standard InChI is InChI=1S/C10H12F2N2O3/c1-16-8(15)4-6-9(17-2)5(13)3-7(14-6)10(11)12/h3,10H,4H2,1-2H3,(H2,13,14). The summed E-state index contributed by atoms with van der Waals surface area (Å²) in [5.41, 5.74) is 5.09.